The van der Waals surface area contributed by atoms with E-state index in [4.69, 9.17) is 10.2 Å². The van der Waals surface area contributed by atoms with Crippen LogP contribution in [0.2, 0.25) is 0 Å². The van der Waals surface area contributed by atoms with Gasteiger partial charge in [0.2, 0.25) is 0 Å². The van der Waals surface area contributed by atoms with Gasteiger partial charge in [-0.2, -0.15) is 0 Å². The second kappa shape index (κ2) is 8.70. The lowest BCUT2D eigenvalue weighted by Gasteiger charge is -2.11. The number of hydrogen-bond donors (Lipinski definition) is 4. The van der Waals surface area contributed by atoms with Crippen molar-refractivity contribution in [3.63, 3.8) is 0 Å². The summed E-state index contributed by atoms with van der Waals surface area (Å²) in [5.41, 5.74) is 1.18. The van der Waals surface area contributed by atoms with Crippen LogP contribution >= 0.6 is 0 Å². The zero-order valence-electron chi connectivity index (χ0n) is 15.5. The van der Waals surface area contributed by atoms with Crippen LogP contribution in [0.5, 0.6) is 0 Å². The van der Waals surface area contributed by atoms with Crippen LogP contribution in [0, 0.1) is 0 Å². The largest absolute Gasteiger partial charge is 0.478 e. The lowest BCUT2D eigenvalue weighted by molar-refractivity contribution is 0.0686. The predicted molar refractivity (Wildman–Crippen MR) is 109 cm³/mol. The maximum absolute atomic E-state index is 12.7. The fraction of sp³-hybridized carbons (Fsp3) is 0. The highest BCUT2D eigenvalue weighted by Gasteiger charge is 2.17. The maximum Gasteiger partial charge on any atom is 0.335 e. The predicted octanol–water partition coefficient (Wildman–Crippen LogP) is 3.59. The Hall–Kier alpha value is -4.46. The van der Waals surface area contributed by atoms with Crippen molar-refractivity contribution < 1.29 is 29.4 Å². The van der Waals surface area contributed by atoms with E-state index >= 15 is 0 Å². The molecule has 4 N–H and O–H groups in total. The molecule has 30 heavy (non-hydrogen) atoms. The van der Waals surface area contributed by atoms with E-state index < -0.39 is 23.8 Å². The molecule has 3 rings (SSSR count). The highest BCUT2D eigenvalue weighted by molar-refractivity contribution is 6.15. The Morgan fingerprint density at radius 2 is 0.867 bits per heavy atom. The maximum atomic E-state index is 12.7. The van der Waals surface area contributed by atoms with Gasteiger partial charge in [-0.15, -0.1) is 0 Å². The molecule has 3 aromatic rings. The Kier molecular flexibility index (Phi) is 5.88. The quantitative estimate of drug-likeness (QED) is 0.496. The monoisotopic (exact) mass is 404 g/mol. The van der Waals surface area contributed by atoms with E-state index in [-0.39, 0.29) is 22.3 Å². The molecule has 3 aromatic carbocycles. The van der Waals surface area contributed by atoms with Crippen molar-refractivity contribution in [3.8, 4) is 0 Å². The minimum absolute atomic E-state index is 0.0849. The highest BCUT2D eigenvalue weighted by Crippen LogP contribution is 2.17. The second-order valence-electron chi connectivity index (χ2n) is 6.22. The SMILES string of the molecule is O=C(O)c1ccc(NC(=O)c2ccccc2C(=O)Nc2ccc(C(=O)O)cc2)cc1. The van der Waals surface area contributed by atoms with Gasteiger partial charge in [-0.25, -0.2) is 9.59 Å². The number of benzene rings is 3. The van der Waals surface area contributed by atoms with Crippen molar-refractivity contribution >= 4 is 35.1 Å². The lowest BCUT2D eigenvalue weighted by Crippen LogP contribution is -2.20. The zero-order valence-corrected chi connectivity index (χ0v) is 15.5. The average molecular weight is 404 g/mol. The van der Waals surface area contributed by atoms with Crippen molar-refractivity contribution in [3.05, 3.63) is 95.1 Å². The molecule has 8 heteroatoms. The van der Waals surface area contributed by atoms with Gasteiger partial charge in [0, 0.05) is 11.4 Å². The van der Waals surface area contributed by atoms with Gasteiger partial charge in [-0.3, -0.25) is 9.59 Å². The first-order chi connectivity index (χ1) is 14.3. The third-order valence-electron chi connectivity index (χ3n) is 4.20. The van der Waals surface area contributed by atoms with E-state index in [0.717, 1.165) is 0 Å². The van der Waals surface area contributed by atoms with Gasteiger partial charge in [-0.1, -0.05) is 12.1 Å². The van der Waals surface area contributed by atoms with E-state index in [1.807, 2.05) is 0 Å². The van der Waals surface area contributed by atoms with Crippen LogP contribution < -0.4 is 10.6 Å². The van der Waals surface area contributed by atoms with E-state index in [1.54, 1.807) is 12.1 Å². The van der Waals surface area contributed by atoms with Gasteiger partial charge in [-0.05, 0) is 60.7 Å². The van der Waals surface area contributed by atoms with Gasteiger partial charge in [0.15, 0.2) is 0 Å². The summed E-state index contributed by atoms with van der Waals surface area (Å²) in [5.74, 6) is -3.23. The summed E-state index contributed by atoms with van der Waals surface area (Å²) in [6.07, 6.45) is 0. The molecular weight excluding hydrogens is 388 g/mol. The molecule has 0 aliphatic rings. The molecule has 0 aliphatic heterocycles. The minimum Gasteiger partial charge on any atom is -0.478 e. The Bertz CT molecular complexity index is 1030. The van der Waals surface area contributed by atoms with E-state index in [9.17, 15) is 19.2 Å². The van der Waals surface area contributed by atoms with Gasteiger partial charge in [0.1, 0.15) is 0 Å². The number of carbonyl (C=O) groups is 4. The molecule has 150 valence electrons. The first-order valence-electron chi connectivity index (χ1n) is 8.73. The zero-order chi connectivity index (χ0) is 21.7. The number of carboxylic acids is 2. The smallest absolute Gasteiger partial charge is 0.335 e. The number of nitrogens with one attached hydrogen (secondary N) is 2. The number of anilines is 2. The molecule has 0 atom stereocenters. The molecule has 0 heterocycles. The lowest BCUT2D eigenvalue weighted by atomic mass is 10.1. The number of amides is 2. The third kappa shape index (κ3) is 4.68. The van der Waals surface area contributed by atoms with Gasteiger partial charge in [0.25, 0.3) is 11.8 Å². The molecule has 0 fully saturated rings. The Labute approximate surface area is 170 Å². The average Bonchev–Trinajstić information content (AvgIpc) is 2.74. The standard InChI is InChI=1S/C22H16N2O6/c25-19(23-15-9-5-13(6-10-15)21(27)28)17-3-1-2-4-18(17)20(26)24-16-11-7-14(8-12-16)22(29)30/h1-12H,(H,23,25)(H,24,26)(H,27,28)(H,29,30). The molecule has 0 unspecified atom stereocenters. The highest BCUT2D eigenvalue weighted by atomic mass is 16.4. The molecule has 2 amide bonds. The van der Waals surface area contributed by atoms with Crippen LogP contribution in [0.15, 0.2) is 72.8 Å². The summed E-state index contributed by atoms with van der Waals surface area (Å²) < 4.78 is 0. The van der Waals surface area contributed by atoms with E-state index in [0.29, 0.717) is 11.4 Å². The second-order valence-corrected chi connectivity index (χ2v) is 6.22. The normalized spacial score (nSPS) is 10.1. The van der Waals surface area contributed by atoms with Crippen molar-refractivity contribution in [2.45, 2.75) is 0 Å². The number of carboxylic acid groups (broad SMARTS) is 2. The molecule has 0 radical (unpaired) electrons. The fourth-order valence-electron chi connectivity index (χ4n) is 2.67. The first kappa shape index (κ1) is 20.3. The summed E-state index contributed by atoms with van der Waals surface area (Å²) in [4.78, 5) is 47.1. The third-order valence-corrected chi connectivity index (χ3v) is 4.20. The van der Waals surface area contributed by atoms with Gasteiger partial charge in [0.05, 0.1) is 22.3 Å². The Morgan fingerprint density at radius 3 is 1.17 bits per heavy atom. The van der Waals surface area contributed by atoms with Crippen LogP contribution in [0.1, 0.15) is 41.4 Å². The van der Waals surface area contributed by atoms with Crippen LogP contribution in [0.25, 0.3) is 0 Å². The van der Waals surface area contributed by atoms with Crippen molar-refractivity contribution in [2.75, 3.05) is 10.6 Å². The minimum atomic E-state index is -1.08. The first-order valence-corrected chi connectivity index (χ1v) is 8.73. The number of hydrogen-bond acceptors (Lipinski definition) is 4. The molecule has 0 aromatic heterocycles. The molecule has 0 saturated heterocycles. The number of aromatic carboxylic acids is 2. The summed E-state index contributed by atoms with van der Waals surface area (Å²) >= 11 is 0. The molecule has 0 saturated carbocycles. The summed E-state index contributed by atoms with van der Waals surface area (Å²) in [7, 11) is 0. The molecule has 0 bridgehead atoms. The fourth-order valence-corrected chi connectivity index (χ4v) is 2.67. The van der Waals surface area contributed by atoms with Crippen molar-refractivity contribution in [2.24, 2.45) is 0 Å². The summed E-state index contributed by atoms with van der Waals surface area (Å²) in [5, 5.41) is 23.1. The van der Waals surface area contributed by atoms with Crippen LogP contribution in [0.4, 0.5) is 11.4 Å². The molecule has 0 aliphatic carbocycles. The van der Waals surface area contributed by atoms with Gasteiger partial charge >= 0.3 is 11.9 Å². The van der Waals surface area contributed by atoms with Crippen LogP contribution in [0.3, 0.4) is 0 Å². The van der Waals surface area contributed by atoms with Crippen molar-refractivity contribution in [1.29, 1.82) is 0 Å². The Balaban J connectivity index is 1.77. The van der Waals surface area contributed by atoms with E-state index in [2.05, 4.69) is 10.6 Å². The summed E-state index contributed by atoms with van der Waals surface area (Å²) in [6, 6.07) is 17.4. The molecule has 0 spiro atoms. The topological polar surface area (TPSA) is 133 Å². The van der Waals surface area contributed by atoms with Gasteiger partial charge < -0.3 is 20.8 Å². The molecule has 8 nitrogen and oxygen atoms in total. The van der Waals surface area contributed by atoms with Crippen LogP contribution in [-0.2, 0) is 0 Å². The van der Waals surface area contributed by atoms with E-state index in [1.165, 1.54) is 60.7 Å². The van der Waals surface area contributed by atoms with Crippen LogP contribution in [-0.4, -0.2) is 34.0 Å². The molecular formula is C22H16N2O6. The number of rotatable bonds is 6. The Morgan fingerprint density at radius 1 is 0.533 bits per heavy atom. The summed E-state index contributed by atoms with van der Waals surface area (Å²) in [6.45, 7) is 0. The van der Waals surface area contributed by atoms with Crippen molar-refractivity contribution in [1.82, 2.24) is 0 Å². The number of carbonyl (C=O) groups excluding carboxylic acids is 2.